The van der Waals surface area contributed by atoms with Crippen molar-refractivity contribution in [3.05, 3.63) is 24.9 Å². The van der Waals surface area contributed by atoms with E-state index in [0.29, 0.717) is 35.7 Å². The van der Waals surface area contributed by atoms with Crippen molar-refractivity contribution in [1.29, 1.82) is 0 Å². The number of imidazole rings is 1. The van der Waals surface area contributed by atoms with Crippen LogP contribution in [0.3, 0.4) is 0 Å². The Labute approximate surface area is 150 Å². The Morgan fingerprint density at radius 3 is 2.77 bits per heavy atom. The number of aliphatic hydroxyl groups is 1. The molecule has 136 valence electrons. The first-order chi connectivity index (χ1) is 12.8. The van der Waals surface area contributed by atoms with E-state index in [4.69, 9.17) is 5.11 Å². The maximum Gasteiger partial charge on any atom is 0.232 e. The summed E-state index contributed by atoms with van der Waals surface area (Å²) in [6.07, 6.45) is 12.7. The normalized spacial score (nSPS) is 15.3. The van der Waals surface area contributed by atoms with Crippen LogP contribution in [-0.2, 0) is 0 Å². The van der Waals surface area contributed by atoms with E-state index in [1.807, 2.05) is 6.33 Å². The molecule has 3 aromatic heterocycles. The van der Waals surface area contributed by atoms with Gasteiger partial charge in [0.25, 0.3) is 0 Å². The Morgan fingerprint density at radius 1 is 1.12 bits per heavy atom. The summed E-state index contributed by atoms with van der Waals surface area (Å²) in [7, 11) is 0. The molecule has 0 bridgehead atoms. The van der Waals surface area contributed by atoms with Crippen LogP contribution in [0.4, 0.5) is 17.6 Å². The van der Waals surface area contributed by atoms with E-state index in [-0.39, 0.29) is 6.61 Å². The second-order valence-electron chi connectivity index (χ2n) is 6.38. The van der Waals surface area contributed by atoms with Gasteiger partial charge in [-0.2, -0.15) is 9.97 Å². The third-order valence-electron chi connectivity index (χ3n) is 4.60. The molecule has 26 heavy (non-hydrogen) atoms. The predicted octanol–water partition coefficient (Wildman–Crippen LogP) is 2.27. The molecule has 0 atom stereocenters. The van der Waals surface area contributed by atoms with E-state index >= 15 is 0 Å². The van der Waals surface area contributed by atoms with Crippen LogP contribution in [0, 0.1) is 0 Å². The molecule has 0 spiro atoms. The minimum atomic E-state index is 0.0156. The third kappa shape index (κ3) is 3.43. The van der Waals surface area contributed by atoms with Gasteiger partial charge in [-0.25, -0.2) is 9.97 Å². The summed E-state index contributed by atoms with van der Waals surface area (Å²) in [5.41, 5.74) is 1.51. The Morgan fingerprint density at radius 2 is 2.00 bits per heavy atom. The number of fused-ring (bicyclic) bond motifs is 1. The van der Waals surface area contributed by atoms with Crippen LogP contribution in [0.15, 0.2) is 24.9 Å². The maximum atomic E-state index is 9.15. The molecule has 1 saturated carbocycles. The van der Waals surface area contributed by atoms with Crippen molar-refractivity contribution in [3.8, 4) is 0 Å². The molecule has 9 nitrogen and oxygen atoms in total. The van der Waals surface area contributed by atoms with Crippen LogP contribution in [-0.4, -0.2) is 47.7 Å². The lowest BCUT2D eigenvalue weighted by molar-refractivity contribution is 0.311. The molecule has 0 aliphatic heterocycles. The van der Waals surface area contributed by atoms with E-state index in [1.54, 1.807) is 18.6 Å². The smallest absolute Gasteiger partial charge is 0.232 e. The molecule has 0 amide bonds. The summed E-state index contributed by atoms with van der Waals surface area (Å²) in [4.78, 5) is 22.0. The van der Waals surface area contributed by atoms with Gasteiger partial charge in [-0.1, -0.05) is 19.3 Å². The number of nitrogens with one attached hydrogen (secondary N) is 2. The summed E-state index contributed by atoms with van der Waals surface area (Å²) in [6, 6.07) is 0.415. The highest BCUT2D eigenvalue weighted by Gasteiger charge is 2.20. The molecule has 0 unspecified atom stereocenters. The van der Waals surface area contributed by atoms with Gasteiger partial charge in [0.1, 0.15) is 0 Å². The average Bonchev–Trinajstić information content (AvgIpc) is 3.12. The van der Waals surface area contributed by atoms with E-state index in [9.17, 15) is 0 Å². The van der Waals surface area contributed by atoms with Gasteiger partial charge in [0, 0.05) is 25.0 Å². The number of nitrogens with zero attached hydrogens (tertiary/aromatic N) is 6. The molecule has 9 heteroatoms. The molecule has 3 N–H and O–H groups in total. The third-order valence-corrected chi connectivity index (χ3v) is 4.60. The zero-order valence-corrected chi connectivity index (χ0v) is 14.5. The number of rotatable bonds is 6. The van der Waals surface area contributed by atoms with E-state index < -0.39 is 0 Å². The van der Waals surface area contributed by atoms with Gasteiger partial charge in [-0.15, -0.1) is 0 Å². The number of aromatic nitrogens is 6. The van der Waals surface area contributed by atoms with Crippen LogP contribution in [0.5, 0.6) is 0 Å². The number of anilines is 3. The highest BCUT2D eigenvalue weighted by Crippen LogP contribution is 2.32. The summed E-state index contributed by atoms with van der Waals surface area (Å²) in [5.74, 6) is 1.60. The quantitative estimate of drug-likeness (QED) is 0.618. The number of hydrogen-bond acceptors (Lipinski definition) is 8. The molecule has 3 aromatic rings. The standard InChI is InChI=1S/C17H22N8O/c26-9-8-20-15-14-16(25(11-21-14)12-4-2-1-3-5-12)24-17(23-15)22-13-10-18-6-7-19-13/h6-7,10-12,26H,1-5,8-9H2,(H2,19,20,22,23,24). The molecule has 0 radical (unpaired) electrons. The monoisotopic (exact) mass is 354 g/mol. The van der Waals surface area contributed by atoms with Crippen molar-refractivity contribution < 1.29 is 5.11 Å². The molecule has 4 rings (SSSR count). The van der Waals surface area contributed by atoms with Crippen LogP contribution in [0.25, 0.3) is 11.2 Å². The van der Waals surface area contributed by atoms with Crippen molar-refractivity contribution in [3.63, 3.8) is 0 Å². The van der Waals surface area contributed by atoms with Gasteiger partial charge in [0.05, 0.1) is 19.1 Å². The molecule has 0 aromatic carbocycles. The van der Waals surface area contributed by atoms with Gasteiger partial charge >= 0.3 is 0 Å². The van der Waals surface area contributed by atoms with E-state index in [1.165, 1.54) is 19.3 Å². The SMILES string of the molecule is OCCNc1nc(Nc2cnccn2)nc2c1ncn2C1CCCCC1. The van der Waals surface area contributed by atoms with Gasteiger partial charge in [0.15, 0.2) is 22.8 Å². The van der Waals surface area contributed by atoms with E-state index in [2.05, 4.69) is 40.1 Å². The van der Waals surface area contributed by atoms with Crippen molar-refractivity contribution >= 4 is 28.7 Å². The molecule has 1 aliphatic rings. The predicted molar refractivity (Wildman–Crippen MR) is 98.3 cm³/mol. The highest BCUT2D eigenvalue weighted by atomic mass is 16.3. The molecular weight excluding hydrogens is 332 g/mol. The molecular formula is C17H22N8O. The van der Waals surface area contributed by atoms with Crippen LogP contribution in [0.2, 0.25) is 0 Å². The number of hydrogen-bond donors (Lipinski definition) is 3. The van der Waals surface area contributed by atoms with Gasteiger partial charge in [-0.3, -0.25) is 4.98 Å². The Kier molecular flexibility index (Phi) is 4.87. The van der Waals surface area contributed by atoms with Crippen LogP contribution in [0.1, 0.15) is 38.1 Å². The average molecular weight is 354 g/mol. The summed E-state index contributed by atoms with van der Waals surface area (Å²) in [5, 5.41) is 15.4. The van der Waals surface area contributed by atoms with Crippen molar-refractivity contribution in [2.24, 2.45) is 0 Å². The summed E-state index contributed by atoms with van der Waals surface area (Å²) in [6.45, 7) is 0.411. The minimum Gasteiger partial charge on any atom is -0.395 e. The van der Waals surface area contributed by atoms with Crippen molar-refractivity contribution in [2.45, 2.75) is 38.1 Å². The van der Waals surface area contributed by atoms with Gasteiger partial charge in [0.2, 0.25) is 5.95 Å². The van der Waals surface area contributed by atoms with Crippen LogP contribution < -0.4 is 10.6 Å². The topological polar surface area (TPSA) is 114 Å². The summed E-state index contributed by atoms with van der Waals surface area (Å²) >= 11 is 0. The fourth-order valence-electron chi connectivity index (χ4n) is 3.37. The Hall–Kier alpha value is -2.81. The maximum absolute atomic E-state index is 9.15. The first kappa shape index (κ1) is 16.6. The fourth-order valence-corrected chi connectivity index (χ4v) is 3.37. The minimum absolute atomic E-state index is 0.0156. The largest absolute Gasteiger partial charge is 0.395 e. The van der Waals surface area contributed by atoms with Crippen molar-refractivity contribution in [1.82, 2.24) is 29.5 Å². The number of aliphatic hydroxyl groups excluding tert-OH is 1. The molecule has 1 aliphatic carbocycles. The van der Waals surface area contributed by atoms with E-state index in [0.717, 1.165) is 18.5 Å². The van der Waals surface area contributed by atoms with Gasteiger partial charge < -0.3 is 20.3 Å². The zero-order chi connectivity index (χ0) is 17.8. The molecule has 3 heterocycles. The first-order valence-electron chi connectivity index (χ1n) is 8.97. The first-order valence-corrected chi connectivity index (χ1v) is 8.97. The fraction of sp³-hybridized carbons (Fsp3) is 0.471. The lowest BCUT2D eigenvalue weighted by Gasteiger charge is -2.23. The van der Waals surface area contributed by atoms with Crippen LogP contribution >= 0.6 is 0 Å². The highest BCUT2D eigenvalue weighted by molar-refractivity contribution is 5.84. The molecule has 0 saturated heterocycles. The lowest BCUT2D eigenvalue weighted by atomic mass is 9.95. The second kappa shape index (κ2) is 7.61. The summed E-state index contributed by atoms with van der Waals surface area (Å²) < 4.78 is 2.15. The second-order valence-corrected chi connectivity index (χ2v) is 6.38. The Bertz CT molecular complexity index is 860. The zero-order valence-electron chi connectivity index (χ0n) is 14.5. The molecule has 1 fully saturated rings. The lowest BCUT2D eigenvalue weighted by Crippen LogP contribution is -2.14. The Balaban J connectivity index is 1.73. The van der Waals surface area contributed by atoms with Gasteiger partial charge in [-0.05, 0) is 12.8 Å². The van der Waals surface area contributed by atoms with Crippen molar-refractivity contribution in [2.75, 3.05) is 23.8 Å².